The van der Waals surface area contributed by atoms with Crippen LogP contribution < -0.4 is 11.1 Å². The number of aliphatic hydroxyl groups excluding tert-OH is 1. The summed E-state index contributed by atoms with van der Waals surface area (Å²) in [7, 11) is 0. The fourth-order valence-electron chi connectivity index (χ4n) is 2.19. The Hall–Kier alpha value is -0.610. The molecule has 0 spiro atoms. The molecule has 92 valence electrons. The molecule has 4 nitrogen and oxygen atoms in total. The van der Waals surface area contributed by atoms with E-state index in [1.54, 1.807) is 0 Å². The molecule has 0 radical (unpaired) electrons. The molecule has 0 saturated heterocycles. The number of rotatable bonds is 7. The van der Waals surface area contributed by atoms with Crippen LogP contribution in [0.4, 0.5) is 0 Å². The number of hydrogen-bond donors (Lipinski definition) is 3. The minimum atomic E-state index is 0.0491. The molecule has 2 aliphatic carbocycles. The van der Waals surface area contributed by atoms with Crippen LogP contribution >= 0.6 is 0 Å². The topological polar surface area (TPSA) is 75.4 Å². The van der Waals surface area contributed by atoms with E-state index in [1.807, 2.05) is 0 Å². The minimum Gasteiger partial charge on any atom is -0.396 e. The van der Waals surface area contributed by atoms with Gasteiger partial charge in [-0.15, -0.1) is 0 Å². The third-order valence-electron chi connectivity index (χ3n) is 3.91. The Bertz CT molecular complexity index is 260. The van der Waals surface area contributed by atoms with Crippen LogP contribution in [0.3, 0.4) is 0 Å². The number of nitrogens with two attached hydrogens (primary N) is 1. The summed E-state index contributed by atoms with van der Waals surface area (Å²) in [6.07, 6.45) is 5.89. The molecule has 16 heavy (non-hydrogen) atoms. The average Bonchev–Trinajstić information content (AvgIpc) is 3.11. The van der Waals surface area contributed by atoms with Crippen LogP contribution in [0.25, 0.3) is 0 Å². The Morgan fingerprint density at radius 2 is 2.19 bits per heavy atom. The van der Waals surface area contributed by atoms with Gasteiger partial charge in [0.2, 0.25) is 5.91 Å². The second-order valence-electron chi connectivity index (χ2n) is 5.46. The van der Waals surface area contributed by atoms with Gasteiger partial charge in [0.05, 0.1) is 0 Å². The third-order valence-corrected chi connectivity index (χ3v) is 3.91. The Balaban J connectivity index is 1.63. The van der Waals surface area contributed by atoms with Gasteiger partial charge in [0.1, 0.15) is 0 Å². The molecule has 1 atom stereocenters. The number of hydrogen-bond acceptors (Lipinski definition) is 3. The second kappa shape index (κ2) is 4.72. The van der Waals surface area contributed by atoms with E-state index < -0.39 is 0 Å². The van der Waals surface area contributed by atoms with E-state index in [4.69, 9.17) is 10.8 Å². The predicted octanol–water partition coefficient (Wildman–Crippen LogP) is 0.393. The molecule has 2 rings (SSSR count). The van der Waals surface area contributed by atoms with Gasteiger partial charge in [0, 0.05) is 25.6 Å². The molecule has 4 heteroatoms. The molecule has 0 bridgehead atoms. The normalized spacial score (nSPS) is 23.9. The lowest BCUT2D eigenvalue weighted by molar-refractivity contribution is -0.121. The summed E-state index contributed by atoms with van der Waals surface area (Å²) in [6.45, 7) is 0.932. The van der Waals surface area contributed by atoms with Crippen molar-refractivity contribution in [1.29, 1.82) is 0 Å². The van der Waals surface area contributed by atoms with Crippen molar-refractivity contribution >= 4 is 5.91 Å². The van der Waals surface area contributed by atoms with Gasteiger partial charge in [0.25, 0.3) is 0 Å². The maximum atomic E-state index is 11.6. The molecule has 2 aliphatic rings. The molecule has 0 aromatic carbocycles. The number of nitrogens with one attached hydrogen (secondary N) is 1. The van der Waals surface area contributed by atoms with Gasteiger partial charge in [-0.1, -0.05) is 0 Å². The Morgan fingerprint density at radius 1 is 1.50 bits per heavy atom. The predicted molar refractivity (Wildman–Crippen MR) is 61.7 cm³/mol. The van der Waals surface area contributed by atoms with Crippen molar-refractivity contribution < 1.29 is 9.90 Å². The first-order valence-electron chi connectivity index (χ1n) is 6.28. The van der Waals surface area contributed by atoms with Gasteiger partial charge in [-0.3, -0.25) is 4.79 Å². The van der Waals surface area contributed by atoms with Crippen LogP contribution in [0.5, 0.6) is 0 Å². The highest BCUT2D eigenvalue weighted by molar-refractivity contribution is 5.76. The Labute approximate surface area is 96.6 Å². The number of aliphatic hydroxyl groups is 1. The molecule has 0 aromatic heterocycles. The molecular weight excluding hydrogens is 204 g/mol. The summed E-state index contributed by atoms with van der Waals surface area (Å²) in [6, 6.07) is 0.0491. The SMILES string of the molecule is NC(CC(=O)NCC1(CCO)CC1)C1CC1. The quantitative estimate of drug-likeness (QED) is 0.588. The fraction of sp³-hybridized carbons (Fsp3) is 0.917. The van der Waals surface area contributed by atoms with Crippen molar-refractivity contribution in [3.05, 3.63) is 0 Å². The van der Waals surface area contributed by atoms with E-state index in [1.165, 1.54) is 12.8 Å². The monoisotopic (exact) mass is 226 g/mol. The first-order valence-corrected chi connectivity index (χ1v) is 6.28. The summed E-state index contributed by atoms with van der Waals surface area (Å²) < 4.78 is 0. The fourth-order valence-corrected chi connectivity index (χ4v) is 2.19. The largest absolute Gasteiger partial charge is 0.396 e. The zero-order chi connectivity index (χ0) is 11.6. The van der Waals surface area contributed by atoms with Crippen molar-refractivity contribution in [2.45, 2.75) is 44.6 Å². The van der Waals surface area contributed by atoms with E-state index in [2.05, 4.69) is 5.32 Å². The van der Waals surface area contributed by atoms with Gasteiger partial charge in [0.15, 0.2) is 0 Å². The Morgan fingerprint density at radius 3 is 2.69 bits per heavy atom. The number of carbonyl (C=O) groups excluding carboxylic acids is 1. The van der Waals surface area contributed by atoms with E-state index >= 15 is 0 Å². The van der Waals surface area contributed by atoms with Gasteiger partial charge in [-0.25, -0.2) is 0 Å². The van der Waals surface area contributed by atoms with Gasteiger partial charge in [-0.05, 0) is 43.4 Å². The standard InChI is InChI=1S/C12H22N2O2/c13-10(9-1-2-9)7-11(16)14-8-12(3-4-12)5-6-15/h9-10,15H,1-8,13H2,(H,14,16). The molecular formula is C12H22N2O2. The van der Waals surface area contributed by atoms with Crippen LogP contribution in [-0.2, 0) is 4.79 Å². The zero-order valence-corrected chi connectivity index (χ0v) is 9.74. The maximum absolute atomic E-state index is 11.6. The van der Waals surface area contributed by atoms with Crippen LogP contribution in [0, 0.1) is 11.3 Å². The third kappa shape index (κ3) is 3.19. The highest BCUT2D eigenvalue weighted by atomic mass is 16.3. The maximum Gasteiger partial charge on any atom is 0.221 e. The summed E-state index contributed by atoms with van der Waals surface area (Å²) in [5.41, 5.74) is 6.10. The molecule has 0 heterocycles. The lowest BCUT2D eigenvalue weighted by Gasteiger charge is -2.16. The van der Waals surface area contributed by atoms with E-state index in [-0.39, 0.29) is 24.0 Å². The second-order valence-corrected chi connectivity index (χ2v) is 5.46. The molecule has 2 saturated carbocycles. The molecule has 1 unspecified atom stereocenters. The molecule has 2 fully saturated rings. The van der Waals surface area contributed by atoms with Gasteiger partial charge < -0.3 is 16.2 Å². The van der Waals surface area contributed by atoms with E-state index in [0.29, 0.717) is 18.9 Å². The van der Waals surface area contributed by atoms with Gasteiger partial charge in [-0.2, -0.15) is 0 Å². The summed E-state index contributed by atoms with van der Waals surface area (Å²) in [4.78, 5) is 11.6. The number of amides is 1. The average molecular weight is 226 g/mol. The Kier molecular flexibility index (Phi) is 3.50. The number of carbonyl (C=O) groups is 1. The highest BCUT2D eigenvalue weighted by Crippen LogP contribution is 2.47. The first-order chi connectivity index (χ1) is 7.65. The van der Waals surface area contributed by atoms with Crippen molar-refractivity contribution in [3.63, 3.8) is 0 Å². The zero-order valence-electron chi connectivity index (χ0n) is 9.74. The van der Waals surface area contributed by atoms with Crippen LogP contribution in [0.1, 0.15) is 38.5 Å². The minimum absolute atomic E-state index is 0.0491. The van der Waals surface area contributed by atoms with E-state index in [9.17, 15) is 4.79 Å². The van der Waals surface area contributed by atoms with Crippen LogP contribution in [-0.4, -0.2) is 30.2 Å². The molecule has 1 amide bonds. The van der Waals surface area contributed by atoms with Crippen LogP contribution in [0.15, 0.2) is 0 Å². The first kappa shape index (κ1) is 11.9. The molecule has 0 aromatic rings. The van der Waals surface area contributed by atoms with Gasteiger partial charge >= 0.3 is 0 Å². The lowest BCUT2D eigenvalue weighted by Crippen LogP contribution is -2.36. The summed E-state index contributed by atoms with van der Waals surface area (Å²) >= 11 is 0. The van der Waals surface area contributed by atoms with E-state index in [0.717, 1.165) is 19.3 Å². The molecule has 0 aliphatic heterocycles. The summed E-state index contributed by atoms with van der Waals surface area (Å²) in [5.74, 6) is 0.654. The van der Waals surface area contributed by atoms with Crippen molar-refractivity contribution in [1.82, 2.24) is 5.32 Å². The van der Waals surface area contributed by atoms with Crippen molar-refractivity contribution in [2.24, 2.45) is 17.1 Å². The van der Waals surface area contributed by atoms with Crippen molar-refractivity contribution in [2.75, 3.05) is 13.2 Å². The highest BCUT2D eigenvalue weighted by Gasteiger charge is 2.42. The molecule has 4 N–H and O–H groups in total. The van der Waals surface area contributed by atoms with Crippen molar-refractivity contribution in [3.8, 4) is 0 Å². The smallest absolute Gasteiger partial charge is 0.221 e. The van der Waals surface area contributed by atoms with Crippen LogP contribution in [0.2, 0.25) is 0 Å². The summed E-state index contributed by atoms with van der Waals surface area (Å²) in [5, 5.41) is 11.9. The lowest BCUT2D eigenvalue weighted by atomic mass is 10.0.